The Balaban J connectivity index is 1.67. The second-order valence-corrected chi connectivity index (χ2v) is 9.64. The quantitative estimate of drug-likeness (QED) is 0.741. The van der Waals surface area contributed by atoms with Gasteiger partial charge < -0.3 is 5.11 Å². The SMILES string of the molecule is C=C[C@H]1CC[C@H]2[C@@H]3CC[C@H]4C[C@H](O)CC[C@]4(C)[C@H]3CC[C@]12C(C)=O. The minimum absolute atomic E-state index is 0.0730. The van der Waals surface area contributed by atoms with Crippen molar-refractivity contribution in [2.75, 3.05) is 0 Å². The topological polar surface area (TPSA) is 37.3 Å². The normalized spacial score (nSPS) is 53.6. The van der Waals surface area contributed by atoms with Gasteiger partial charge in [-0.05, 0) is 99.7 Å². The van der Waals surface area contributed by atoms with Gasteiger partial charge in [0.2, 0.25) is 0 Å². The molecule has 0 bridgehead atoms. The van der Waals surface area contributed by atoms with E-state index in [2.05, 4.69) is 19.6 Å². The number of carbonyl (C=O) groups excluding carboxylic acids is 1. The Hall–Kier alpha value is -0.630. The molecule has 8 atom stereocenters. The van der Waals surface area contributed by atoms with Crippen LogP contribution >= 0.6 is 0 Å². The first kappa shape index (κ1) is 16.8. The van der Waals surface area contributed by atoms with Crippen molar-refractivity contribution < 1.29 is 9.90 Å². The number of rotatable bonds is 2. The third-order valence-electron chi connectivity index (χ3n) is 9.16. The largest absolute Gasteiger partial charge is 0.393 e. The third-order valence-corrected chi connectivity index (χ3v) is 9.16. The molecule has 0 radical (unpaired) electrons. The number of hydrogen-bond acceptors (Lipinski definition) is 2. The average Bonchev–Trinajstić information content (AvgIpc) is 2.95. The molecule has 4 rings (SSSR count). The van der Waals surface area contributed by atoms with Crippen LogP contribution in [0.15, 0.2) is 12.7 Å². The Morgan fingerprint density at radius 3 is 2.58 bits per heavy atom. The van der Waals surface area contributed by atoms with Gasteiger partial charge in [-0.25, -0.2) is 0 Å². The van der Waals surface area contributed by atoms with Crippen LogP contribution in [-0.2, 0) is 4.79 Å². The summed E-state index contributed by atoms with van der Waals surface area (Å²) in [4.78, 5) is 12.8. The molecule has 134 valence electrons. The van der Waals surface area contributed by atoms with Crippen molar-refractivity contribution in [3.05, 3.63) is 12.7 Å². The molecule has 0 heterocycles. The lowest BCUT2D eigenvalue weighted by molar-refractivity contribution is -0.151. The lowest BCUT2D eigenvalue weighted by atomic mass is 9.44. The summed E-state index contributed by atoms with van der Waals surface area (Å²) in [6.07, 6.45) is 12.4. The predicted molar refractivity (Wildman–Crippen MR) is 96.4 cm³/mol. The van der Waals surface area contributed by atoms with Gasteiger partial charge in [0, 0.05) is 5.41 Å². The summed E-state index contributed by atoms with van der Waals surface area (Å²) < 4.78 is 0. The van der Waals surface area contributed by atoms with E-state index in [0.717, 1.165) is 37.5 Å². The summed E-state index contributed by atoms with van der Waals surface area (Å²) in [5.41, 5.74) is 0.303. The molecule has 1 N–H and O–H groups in total. The minimum atomic E-state index is -0.0969. The van der Waals surface area contributed by atoms with Gasteiger partial charge in [0.25, 0.3) is 0 Å². The molecule has 0 aromatic rings. The van der Waals surface area contributed by atoms with Crippen LogP contribution in [0.4, 0.5) is 0 Å². The van der Waals surface area contributed by atoms with Gasteiger partial charge in [-0.2, -0.15) is 0 Å². The van der Waals surface area contributed by atoms with Crippen molar-refractivity contribution in [2.24, 2.45) is 40.4 Å². The van der Waals surface area contributed by atoms with E-state index in [4.69, 9.17) is 0 Å². The second kappa shape index (κ2) is 5.69. The van der Waals surface area contributed by atoms with Crippen LogP contribution < -0.4 is 0 Å². The van der Waals surface area contributed by atoms with Gasteiger partial charge in [0.05, 0.1) is 6.10 Å². The van der Waals surface area contributed by atoms with Gasteiger partial charge in [0.1, 0.15) is 5.78 Å². The minimum Gasteiger partial charge on any atom is -0.393 e. The molecule has 0 amide bonds. The molecule has 4 fully saturated rings. The summed E-state index contributed by atoms with van der Waals surface area (Å²) in [7, 11) is 0. The Kier molecular flexibility index (Phi) is 3.99. The standard InChI is InChI=1S/C22H34O2/c1-4-15-6-8-20-18-7-5-16-13-17(24)9-11-21(16,3)19(18)10-12-22(15,20)14(2)23/h4,15-20,24H,1,5-13H2,2-3H3/t15-,16-,17+,18+,19-,20-,21-,22-/m0/s1. The second-order valence-electron chi connectivity index (χ2n) is 9.64. The van der Waals surface area contributed by atoms with Gasteiger partial charge in [-0.1, -0.05) is 13.0 Å². The lowest BCUT2D eigenvalue weighted by Gasteiger charge is -2.60. The Morgan fingerprint density at radius 2 is 1.88 bits per heavy atom. The first-order chi connectivity index (χ1) is 11.4. The summed E-state index contributed by atoms with van der Waals surface area (Å²) >= 11 is 0. The molecule has 0 spiro atoms. The smallest absolute Gasteiger partial charge is 0.136 e. The zero-order valence-corrected chi connectivity index (χ0v) is 15.5. The maximum absolute atomic E-state index is 12.8. The van der Waals surface area contributed by atoms with Crippen LogP contribution in [0.1, 0.15) is 71.6 Å². The molecule has 0 aromatic carbocycles. The zero-order valence-electron chi connectivity index (χ0n) is 15.5. The number of hydrogen-bond donors (Lipinski definition) is 1. The molecule has 24 heavy (non-hydrogen) atoms. The summed E-state index contributed by atoms with van der Waals surface area (Å²) in [6.45, 7) is 8.43. The van der Waals surface area contributed by atoms with E-state index in [9.17, 15) is 9.90 Å². The molecule has 4 saturated carbocycles. The average molecular weight is 331 g/mol. The Morgan fingerprint density at radius 1 is 1.08 bits per heavy atom. The van der Waals surface area contributed by atoms with E-state index in [-0.39, 0.29) is 11.5 Å². The summed E-state index contributed by atoms with van der Waals surface area (Å²) in [5, 5.41) is 10.1. The fraction of sp³-hybridized carbons (Fsp3) is 0.864. The number of ketones is 1. The molecule has 4 aliphatic carbocycles. The van der Waals surface area contributed by atoms with E-state index in [1.165, 1.54) is 32.1 Å². The van der Waals surface area contributed by atoms with Crippen molar-refractivity contribution in [3.8, 4) is 0 Å². The molecule has 0 saturated heterocycles. The maximum atomic E-state index is 12.8. The number of aliphatic hydroxyl groups is 1. The van der Waals surface area contributed by atoms with Crippen LogP contribution in [-0.4, -0.2) is 17.0 Å². The fourth-order valence-corrected chi connectivity index (χ4v) is 7.98. The molecular formula is C22H34O2. The van der Waals surface area contributed by atoms with Gasteiger partial charge in [0.15, 0.2) is 0 Å². The van der Waals surface area contributed by atoms with E-state index < -0.39 is 0 Å². The highest BCUT2D eigenvalue weighted by molar-refractivity contribution is 5.84. The summed E-state index contributed by atoms with van der Waals surface area (Å²) in [6, 6.07) is 0. The number of allylic oxidation sites excluding steroid dienone is 1. The van der Waals surface area contributed by atoms with E-state index in [1.54, 1.807) is 0 Å². The van der Waals surface area contributed by atoms with Crippen molar-refractivity contribution in [2.45, 2.75) is 77.7 Å². The van der Waals surface area contributed by atoms with Crippen molar-refractivity contribution in [1.82, 2.24) is 0 Å². The highest BCUT2D eigenvalue weighted by atomic mass is 16.3. The molecule has 0 aliphatic heterocycles. The molecule has 2 nitrogen and oxygen atoms in total. The lowest BCUT2D eigenvalue weighted by Crippen LogP contribution is -2.55. The van der Waals surface area contributed by atoms with E-state index in [0.29, 0.717) is 29.0 Å². The molecule has 0 aromatic heterocycles. The molecule has 2 heteroatoms. The fourth-order valence-electron chi connectivity index (χ4n) is 7.98. The number of fused-ring (bicyclic) bond motifs is 5. The first-order valence-electron chi connectivity index (χ1n) is 10.2. The van der Waals surface area contributed by atoms with Crippen LogP contribution in [0.5, 0.6) is 0 Å². The molecular weight excluding hydrogens is 296 g/mol. The number of Topliss-reactive ketones (excluding diaryl/α,β-unsaturated/α-hetero) is 1. The van der Waals surface area contributed by atoms with Crippen molar-refractivity contribution in [3.63, 3.8) is 0 Å². The monoisotopic (exact) mass is 330 g/mol. The van der Waals surface area contributed by atoms with Gasteiger partial charge in [-0.3, -0.25) is 4.79 Å². The van der Waals surface area contributed by atoms with E-state index in [1.807, 2.05) is 6.92 Å². The molecule has 4 aliphatic rings. The van der Waals surface area contributed by atoms with Gasteiger partial charge in [-0.15, -0.1) is 6.58 Å². The van der Waals surface area contributed by atoms with Crippen LogP contribution in [0.3, 0.4) is 0 Å². The van der Waals surface area contributed by atoms with Gasteiger partial charge >= 0.3 is 0 Å². The highest BCUT2D eigenvalue weighted by Crippen LogP contribution is 2.67. The number of aliphatic hydroxyl groups excluding tert-OH is 1. The Bertz CT molecular complexity index is 540. The van der Waals surface area contributed by atoms with Crippen LogP contribution in [0, 0.1) is 40.4 Å². The van der Waals surface area contributed by atoms with Crippen molar-refractivity contribution in [1.29, 1.82) is 0 Å². The van der Waals surface area contributed by atoms with Crippen molar-refractivity contribution >= 4 is 5.78 Å². The van der Waals surface area contributed by atoms with Crippen LogP contribution in [0.2, 0.25) is 0 Å². The predicted octanol–water partition coefficient (Wildman–Crippen LogP) is 4.76. The van der Waals surface area contributed by atoms with E-state index >= 15 is 0 Å². The summed E-state index contributed by atoms with van der Waals surface area (Å²) in [5.74, 6) is 3.61. The number of carbonyl (C=O) groups is 1. The third kappa shape index (κ3) is 2.08. The highest BCUT2D eigenvalue weighted by Gasteiger charge is 2.62. The maximum Gasteiger partial charge on any atom is 0.136 e. The Labute approximate surface area is 147 Å². The zero-order chi connectivity index (χ0) is 17.1. The molecule has 0 unspecified atom stereocenters. The van der Waals surface area contributed by atoms with Crippen LogP contribution in [0.25, 0.3) is 0 Å². The first-order valence-corrected chi connectivity index (χ1v) is 10.2.